The SMILES string of the molecule is N#Cc1cc(-n2c3ccccc3c3ccccc32)c(-c2cc(-n3c4ccccc4c4ccccc43)c(C#N)cc2-n2c3ccccc3c3ccccc32)cc1-n1c2ccccc2c2ccccc21. The highest BCUT2D eigenvalue weighted by atomic mass is 15.0. The van der Waals surface area contributed by atoms with Crippen molar-refractivity contribution in [3.05, 3.63) is 230 Å². The average molecular weight is 865 g/mol. The zero-order valence-corrected chi connectivity index (χ0v) is 36.5. The van der Waals surface area contributed by atoms with Crippen molar-refractivity contribution in [3.63, 3.8) is 0 Å². The molecule has 0 amide bonds. The summed E-state index contributed by atoms with van der Waals surface area (Å²) < 4.78 is 9.15. The van der Waals surface area contributed by atoms with E-state index in [1.54, 1.807) is 0 Å². The fraction of sp³-hybridized carbons (Fsp3) is 0. The molecule has 68 heavy (non-hydrogen) atoms. The van der Waals surface area contributed by atoms with Crippen molar-refractivity contribution in [2.75, 3.05) is 0 Å². The molecule has 0 spiro atoms. The van der Waals surface area contributed by atoms with Gasteiger partial charge in [0.05, 0.1) is 78.0 Å². The summed E-state index contributed by atoms with van der Waals surface area (Å²) >= 11 is 0. The van der Waals surface area contributed by atoms with Gasteiger partial charge in [-0.1, -0.05) is 146 Å². The molecule has 0 aliphatic carbocycles. The molecule has 0 radical (unpaired) electrons. The Balaban J connectivity index is 1.21. The Morgan fingerprint density at radius 2 is 0.426 bits per heavy atom. The average Bonchev–Trinajstić information content (AvgIpc) is 4.13. The van der Waals surface area contributed by atoms with Crippen LogP contribution in [0.15, 0.2) is 218 Å². The van der Waals surface area contributed by atoms with Crippen LogP contribution in [0.5, 0.6) is 0 Å². The van der Waals surface area contributed by atoms with Crippen LogP contribution in [0.2, 0.25) is 0 Å². The summed E-state index contributed by atoms with van der Waals surface area (Å²) in [4.78, 5) is 0. The molecule has 0 aliphatic heterocycles. The molecule has 6 heteroatoms. The Morgan fingerprint density at radius 1 is 0.235 bits per heavy atom. The van der Waals surface area contributed by atoms with E-state index in [1.165, 1.54) is 0 Å². The monoisotopic (exact) mass is 864 g/mol. The van der Waals surface area contributed by atoms with E-state index in [1.807, 2.05) is 0 Å². The normalized spacial score (nSPS) is 11.8. The number of benzene rings is 10. The summed E-state index contributed by atoms with van der Waals surface area (Å²) in [5.41, 5.74) is 14.2. The third-order valence-electron chi connectivity index (χ3n) is 14.0. The smallest absolute Gasteiger partial charge is 0.101 e. The molecule has 0 unspecified atom stereocenters. The Kier molecular flexibility index (Phi) is 8.01. The van der Waals surface area contributed by atoms with Crippen molar-refractivity contribution >= 4 is 87.2 Å². The van der Waals surface area contributed by atoms with Gasteiger partial charge in [-0.15, -0.1) is 0 Å². The van der Waals surface area contributed by atoms with E-state index in [2.05, 4.69) is 249 Å². The lowest BCUT2D eigenvalue weighted by molar-refractivity contribution is 1.12. The van der Waals surface area contributed by atoms with Gasteiger partial charge in [0.1, 0.15) is 12.1 Å². The van der Waals surface area contributed by atoms with Crippen LogP contribution in [0.25, 0.3) is 121 Å². The first-order chi connectivity index (χ1) is 33.7. The highest BCUT2D eigenvalue weighted by Gasteiger charge is 2.27. The molecule has 10 aromatic carbocycles. The minimum atomic E-state index is 0.534. The van der Waals surface area contributed by atoms with Crippen LogP contribution in [-0.2, 0) is 0 Å². The molecule has 314 valence electrons. The Morgan fingerprint density at radius 3 is 0.632 bits per heavy atom. The molecule has 0 aliphatic rings. The number of fused-ring (bicyclic) bond motifs is 12. The van der Waals surface area contributed by atoms with Crippen LogP contribution in [0.1, 0.15) is 11.1 Å². The summed E-state index contributed by atoms with van der Waals surface area (Å²) in [6.45, 7) is 0. The molecule has 14 aromatic rings. The van der Waals surface area contributed by atoms with Gasteiger partial charge in [-0.2, -0.15) is 10.5 Å². The van der Waals surface area contributed by atoms with Crippen LogP contribution in [0.3, 0.4) is 0 Å². The van der Waals surface area contributed by atoms with Crippen LogP contribution in [0.4, 0.5) is 0 Å². The maximum Gasteiger partial charge on any atom is 0.101 e. The van der Waals surface area contributed by atoms with E-state index in [0.29, 0.717) is 11.1 Å². The Bertz CT molecular complexity index is 4030. The third kappa shape index (κ3) is 5.20. The number of nitriles is 2. The van der Waals surface area contributed by atoms with Crippen molar-refractivity contribution < 1.29 is 0 Å². The molecule has 0 saturated heterocycles. The molecule has 4 heterocycles. The summed E-state index contributed by atoms with van der Waals surface area (Å²) in [5, 5.41) is 31.8. The molecule has 6 nitrogen and oxygen atoms in total. The predicted molar refractivity (Wildman–Crippen MR) is 279 cm³/mol. The summed E-state index contributed by atoms with van der Waals surface area (Å²) in [7, 11) is 0. The molecule has 14 rings (SSSR count). The van der Waals surface area contributed by atoms with Gasteiger partial charge in [-0.25, -0.2) is 0 Å². The van der Waals surface area contributed by atoms with Gasteiger partial charge in [0, 0.05) is 54.2 Å². The van der Waals surface area contributed by atoms with Crippen LogP contribution in [0, 0.1) is 22.7 Å². The number of rotatable bonds is 5. The van der Waals surface area contributed by atoms with Crippen molar-refractivity contribution in [2.45, 2.75) is 0 Å². The van der Waals surface area contributed by atoms with Crippen LogP contribution < -0.4 is 0 Å². The third-order valence-corrected chi connectivity index (χ3v) is 14.0. The largest absolute Gasteiger partial charge is 0.309 e. The number of aromatic nitrogens is 4. The van der Waals surface area contributed by atoms with Crippen molar-refractivity contribution in [2.24, 2.45) is 0 Å². The highest BCUT2D eigenvalue weighted by molar-refractivity contribution is 6.14. The Labute approximate surface area is 389 Å². The second kappa shape index (κ2) is 14.4. The number of hydrogen-bond donors (Lipinski definition) is 0. The predicted octanol–water partition coefficient (Wildman–Crippen LogP) is 15.5. The van der Waals surface area contributed by atoms with Gasteiger partial charge in [0.15, 0.2) is 0 Å². The topological polar surface area (TPSA) is 67.3 Å². The van der Waals surface area contributed by atoms with Crippen molar-refractivity contribution in [1.82, 2.24) is 18.3 Å². The quantitative estimate of drug-likeness (QED) is 0.173. The van der Waals surface area contributed by atoms with E-state index in [-0.39, 0.29) is 0 Å². The maximum atomic E-state index is 11.4. The maximum absolute atomic E-state index is 11.4. The van der Waals surface area contributed by atoms with Gasteiger partial charge in [-0.05, 0) is 72.8 Å². The fourth-order valence-corrected chi connectivity index (χ4v) is 11.2. The van der Waals surface area contributed by atoms with E-state index in [9.17, 15) is 10.5 Å². The highest BCUT2D eigenvalue weighted by Crippen LogP contribution is 2.46. The van der Waals surface area contributed by atoms with Gasteiger partial charge in [-0.3, -0.25) is 0 Å². The van der Waals surface area contributed by atoms with E-state index >= 15 is 0 Å². The lowest BCUT2D eigenvalue weighted by atomic mass is 9.95. The minimum Gasteiger partial charge on any atom is -0.309 e. The molecule has 0 atom stereocenters. The first-order valence-corrected chi connectivity index (χ1v) is 22.8. The summed E-state index contributed by atoms with van der Waals surface area (Å²) in [6, 6.07) is 81.8. The molecular weight excluding hydrogens is 829 g/mol. The van der Waals surface area contributed by atoms with E-state index in [4.69, 9.17) is 0 Å². The zero-order valence-electron chi connectivity index (χ0n) is 36.5. The van der Waals surface area contributed by atoms with Crippen molar-refractivity contribution in [3.8, 4) is 46.0 Å². The van der Waals surface area contributed by atoms with Gasteiger partial charge in [0.25, 0.3) is 0 Å². The first-order valence-electron chi connectivity index (χ1n) is 22.8. The molecule has 0 saturated carbocycles. The second-order valence-electron chi connectivity index (χ2n) is 17.5. The molecular formula is C62H36N6. The number of hydrogen-bond acceptors (Lipinski definition) is 2. The van der Waals surface area contributed by atoms with Gasteiger partial charge in [0.2, 0.25) is 0 Å². The lowest BCUT2D eigenvalue weighted by Crippen LogP contribution is -2.07. The molecule has 4 aromatic heterocycles. The van der Waals surface area contributed by atoms with Crippen LogP contribution in [-0.4, -0.2) is 18.3 Å². The first kappa shape index (κ1) is 37.7. The second-order valence-corrected chi connectivity index (χ2v) is 17.5. The number of nitrogens with zero attached hydrogens (tertiary/aromatic N) is 6. The standard InChI is InChI=1S/C62H36N6/c63-37-39-33-61(67-55-29-13-5-21-45(55)46-22-6-14-30-56(46)67)49(35-59(39)65-51-25-9-1-17-41(51)42-18-2-10-26-52(42)65)50-36-60(66-53-27-11-3-19-43(53)44-20-4-12-28-54(44)66)40(38-64)34-62(50)68-57-31-15-7-23-47(57)48-24-8-16-32-58(48)68/h1-36H. The summed E-state index contributed by atoms with van der Waals surface area (Å²) in [6.07, 6.45) is 0. The number of para-hydroxylation sites is 8. The van der Waals surface area contributed by atoms with Crippen molar-refractivity contribution in [1.29, 1.82) is 10.5 Å². The lowest BCUT2D eigenvalue weighted by Gasteiger charge is -2.23. The van der Waals surface area contributed by atoms with Gasteiger partial charge < -0.3 is 18.3 Å². The minimum absolute atomic E-state index is 0.534. The van der Waals surface area contributed by atoms with Gasteiger partial charge >= 0.3 is 0 Å². The molecule has 0 bridgehead atoms. The zero-order chi connectivity index (χ0) is 45.0. The van der Waals surface area contributed by atoms with E-state index in [0.717, 1.165) is 121 Å². The molecule has 0 fully saturated rings. The van der Waals surface area contributed by atoms with Crippen LogP contribution >= 0.6 is 0 Å². The van der Waals surface area contributed by atoms with E-state index < -0.39 is 0 Å². The Hall–Kier alpha value is -9.62. The fourth-order valence-electron chi connectivity index (χ4n) is 11.2. The summed E-state index contributed by atoms with van der Waals surface area (Å²) in [5.74, 6) is 0. The molecule has 0 N–H and O–H groups in total.